The Labute approximate surface area is 53.9 Å². The van der Waals surface area contributed by atoms with Crippen molar-refractivity contribution in [2.75, 3.05) is 0 Å². The fourth-order valence-corrected chi connectivity index (χ4v) is 0. The average Bonchev–Trinajstić information content (AvgIpc) is 1.38. The van der Waals surface area contributed by atoms with Crippen molar-refractivity contribution in [3.05, 3.63) is 18.6 Å². The van der Waals surface area contributed by atoms with Crippen LogP contribution in [-0.2, 0) is 21.1 Å². The molecule has 36 valence electrons. The third-order valence-corrected chi connectivity index (χ3v) is 0.493. The molecule has 6 heavy (non-hydrogen) atoms. The number of hydrogen-bond acceptors (Lipinski definition) is 0. The van der Waals surface area contributed by atoms with Crippen LogP contribution in [0.5, 0.6) is 0 Å². The number of allylic oxidation sites excluding steroid dienone is 2. The summed E-state index contributed by atoms with van der Waals surface area (Å²) in [5.74, 6) is 0. The molecule has 0 aliphatic carbocycles. The summed E-state index contributed by atoms with van der Waals surface area (Å²) in [5.41, 5.74) is 1.13. The molecule has 0 aliphatic rings. The van der Waals surface area contributed by atoms with Crippen molar-refractivity contribution in [2.24, 2.45) is 0 Å². The van der Waals surface area contributed by atoms with Gasteiger partial charge in [-0.1, -0.05) is 6.92 Å². The predicted octanol–water partition coefficient (Wildman–Crippen LogP) is 1.78. The molecule has 0 aromatic rings. The van der Waals surface area contributed by atoms with Crippen LogP contribution in [0.15, 0.2) is 11.6 Å². The maximum Gasteiger partial charge on any atom is 0 e. The molecule has 0 rings (SSSR count). The normalized spacial score (nSPS) is 10.0. The molecule has 1 heteroatoms. The fourth-order valence-electron chi connectivity index (χ4n) is 0. The molecule has 0 amide bonds. The van der Waals surface area contributed by atoms with E-state index in [0.717, 1.165) is 5.57 Å². The molecule has 0 saturated carbocycles. The molecular weight excluding hydrogens is 244 g/mol. The van der Waals surface area contributed by atoms with Crippen LogP contribution in [0.1, 0.15) is 13.8 Å². The molecule has 0 heterocycles. The zero-order chi connectivity index (χ0) is 4.28. The Morgan fingerprint density at radius 1 is 1.67 bits per heavy atom. The zero-order valence-electron chi connectivity index (χ0n) is 4.19. The SMILES string of the molecule is [CH2-]/C(C)=C/C.[W]. The van der Waals surface area contributed by atoms with Gasteiger partial charge in [-0.2, -0.15) is 0 Å². The Morgan fingerprint density at radius 3 is 1.83 bits per heavy atom. The van der Waals surface area contributed by atoms with Gasteiger partial charge in [0.05, 0.1) is 0 Å². The second-order valence-corrected chi connectivity index (χ2v) is 1.14. The minimum absolute atomic E-state index is 0. The van der Waals surface area contributed by atoms with E-state index in [1.165, 1.54) is 0 Å². The summed E-state index contributed by atoms with van der Waals surface area (Å²) in [6.07, 6.45) is 1.97. The maximum atomic E-state index is 3.62. The Morgan fingerprint density at radius 2 is 1.83 bits per heavy atom. The molecular formula is C5H9W-. The van der Waals surface area contributed by atoms with Gasteiger partial charge in [0.1, 0.15) is 0 Å². The van der Waals surface area contributed by atoms with Crippen LogP contribution >= 0.6 is 0 Å². The van der Waals surface area contributed by atoms with E-state index in [0.29, 0.717) is 0 Å². The van der Waals surface area contributed by atoms with Crippen LogP contribution in [0, 0.1) is 6.92 Å². The van der Waals surface area contributed by atoms with Gasteiger partial charge >= 0.3 is 0 Å². The van der Waals surface area contributed by atoms with Crippen molar-refractivity contribution in [1.82, 2.24) is 0 Å². The van der Waals surface area contributed by atoms with Crippen LogP contribution in [-0.4, -0.2) is 0 Å². The van der Waals surface area contributed by atoms with Gasteiger partial charge in [0, 0.05) is 21.1 Å². The molecule has 0 spiro atoms. The van der Waals surface area contributed by atoms with E-state index in [1.54, 1.807) is 0 Å². The second kappa shape index (κ2) is 5.30. The molecule has 0 fully saturated rings. The van der Waals surface area contributed by atoms with Gasteiger partial charge in [0.2, 0.25) is 0 Å². The Kier molecular flexibility index (Phi) is 8.45. The molecule has 0 radical (unpaired) electrons. The summed E-state index contributed by atoms with van der Waals surface area (Å²) < 4.78 is 0. The number of rotatable bonds is 0. The van der Waals surface area contributed by atoms with Crippen molar-refractivity contribution in [2.45, 2.75) is 13.8 Å². The zero-order valence-corrected chi connectivity index (χ0v) is 7.13. The molecule has 0 aliphatic heterocycles. The monoisotopic (exact) mass is 253 g/mol. The van der Waals surface area contributed by atoms with Crippen molar-refractivity contribution >= 4 is 0 Å². The van der Waals surface area contributed by atoms with E-state index < -0.39 is 0 Å². The summed E-state index contributed by atoms with van der Waals surface area (Å²) in [7, 11) is 0. The van der Waals surface area contributed by atoms with Gasteiger partial charge in [-0.15, -0.1) is 6.92 Å². The summed E-state index contributed by atoms with van der Waals surface area (Å²) in [4.78, 5) is 0. The van der Waals surface area contributed by atoms with Gasteiger partial charge in [-0.25, -0.2) is 18.6 Å². The fraction of sp³-hybridized carbons (Fsp3) is 0.400. The van der Waals surface area contributed by atoms with Crippen LogP contribution in [0.4, 0.5) is 0 Å². The minimum Gasteiger partial charge on any atom is -0.242 e. The number of hydrogen-bond donors (Lipinski definition) is 0. The standard InChI is InChI=1S/C5H9.W/c1-4-5(2)3;/h4H,2H2,1,3H3;/q-1;/b5-4-;. The summed E-state index contributed by atoms with van der Waals surface area (Å²) in [5, 5.41) is 0. The third kappa shape index (κ3) is 8.85. The Hall–Kier alpha value is 0.298. The van der Waals surface area contributed by atoms with Crippen molar-refractivity contribution < 1.29 is 21.1 Å². The summed E-state index contributed by atoms with van der Waals surface area (Å²) in [6.45, 7) is 7.56. The van der Waals surface area contributed by atoms with E-state index in [2.05, 4.69) is 6.92 Å². The van der Waals surface area contributed by atoms with Gasteiger partial charge in [0.15, 0.2) is 0 Å². The first kappa shape index (κ1) is 9.57. The minimum atomic E-state index is 0. The van der Waals surface area contributed by atoms with E-state index in [1.807, 2.05) is 19.9 Å². The first-order chi connectivity index (χ1) is 2.27. The molecule has 0 bridgehead atoms. The molecule has 0 saturated heterocycles. The largest absolute Gasteiger partial charge is 0.242 e. The van der Waals surface area contributed by atoms with E-state index >= 15 is 0 Å². The molecule has 0 atom stereocenters. The predicted molar refractivity (Wildman–Crippen MR) is 24.8 cm³/mol. The van der Waals surface area contributed by atoms with Crippen molar-refractivity contribution in [3.63, 3.8) is 0 Å². The van der Waals surface area contributed by atoms with E-state index in [-0.39, 0.29) is 21.1 Å². The van der Waals surface area contributed by atoms with E-state index in [4.69, 9.17) is 0 Å². The van der Waals surface area contributed by atoms with Gasteiger partial charge in [0.25, 0.3) is 0 Å². The van der Waals surface area contributed by atoms with Crippen LogP contribution < -0.4 is 0 Å². The van der Waals surface area contributed by atoms with Crippen LogP contribution in [0.3, 0.4) is 0 Å². The third-order valence-electron chi connectivity index (χ3n) is 0.493. The first-order valence-electron chi connectivity index (χ1n) is 1.72. The molecule has 0 unspecified atom stereocenters. The van der Waals surface area contributed by atoms with Crippen molar-refractivity contribution in [1.29, 1.82) is 0 Å². The van der Waals surface area contributed by atoms with Gasteiger partial charge in [-0.3, -0.25) is 0 Å². The Balaban J connectivity index is 0. The van der Waals surface area contributed by atoms with Gasteiger partial charge < -0.3 is 0 Å². The molecule has 0 nitrogen and oxygen atoms in total. The molecule has 0 N–H and O–H groups in total. The summed E-state index contributed by atoms with van der Waals surface area (Å²) in [6, 6.07) is 0. The first-order valence-corrected chi connectivity index (χ1v) is 1.72. The quantitative estimate of drug-likeness (QED) is 0.577. The smallest absolute Gasteiger partial charge is 0 e. The van der Waals surface area contributed by atoms with Crippen molar-refractivity contribution in [3.8, 4) is 0 Å². The summed E-state index contributed by atoms with van der Waals surface area (Å²) >= 11 is 0. The average molecular weight is 253 g/mol. The topological polar surface area (TPSA) is 0 Å². The van der Waals surface area contributed by atoms with Gasteiger partial charge in [-0.05, 0) is 0 Å². The maximum absolute atomic E-state index is 3.62. The molecule has 0 aromatic carbocycles. The second-order valence-electron chi connectivity index (χ2n) is 1.14. The van der Waals surface area contributed by atoms with Crippen LogP contribution in [0.2, 0.25) is 0 Å². The Bertz CT molecular complexity index is 41.9. The van der Waals surface area contributed by atoms with Crippen LogP contribution in [0.25, 0.3) is 0 Å². The van der Waals surface area contributed by atoms with E-state index in [9.17, 15) is 0 Å². The molecule has 0 aromatic heterocycles.